The molecule has 1 aliphatic heterocycles. The molecule has 1 amide bonds. The van der Waals surface area contributed by atoms with Gasteiger partial charge in [-0.15, -0.1) is 5.10 Å². The summed E-state index contributed by atoms with van der Waals surface area (Å²) in [4.78, 5) is 13.5. The Kier molecular flexibility index (Phi) is 3.51. The first-order valence-electron chi connectivity index (χ1n) is 5.66. The quantitative estimate of drug-likeness (QED) is 0.723. The van der Waals surface area contributed by atoms with Gasteiger partial charge in [0.2, 0.25) is 5.91 Å². The van der Waals surface area contributed by atoms with Gasteiger partial charge in [0.15, 0.2) is 0 Å². The molecule has 2 N–H and O–H groups in total. The molecule has 16 heavy (non-hydrogen) atoms. The van der Waals surface area contributed by atoms with Crippen molar-refractivity contribution in [2.24, 2.45) is 5.73 Å². The monoisotopic (exact) mass is 223 g/mol. The second-order valence-electron chi connectivity index (χ2n) is 4.03. The van der Waals surface area contributed by atoms with Crippen LogP contribution in [0, 0.1) is 0 Å². The van der Waals surface area contributed by atoms with Gasteiger partial charge in [0, 0.05) is 19.3 Å². The fourth-order valence-corrected chi connectivity index (χ4v) is 1.62. The maximum Gasteiger partial charge on any atom is 0.244 e. The summed E-state index contributed by atoms with van der Waals surface area (Å²) >= 11 is 0. The van der Waals surface area contributed by atoms with Crippen LogP contribution in [0.4, 0.5) is 0 Å². The summed E-state index contributed by atoms with van der Waals surface area (Å²) in [5, 5.41) is 7.92. The van der Waals surface area contributed by atoms with Crippen LogP contribution in [0.2, 0.25) is 0 Å². The zero-order valence-electron chi connectivity index (χ0n) is 9.30. The third kappa shape index (κ3) is 2.57. The number of amides is 1. The minimum atomic E-state index is 0.126. The molecule has 1 aliphatic rings. The number of nitrogens with zero attached hydrogens (tertiary/aromatic N) is 4. The number of likely N-dealkylation sites (tertiary alicyclic amines) is 1. The van der Waals surface area contributed by atoms with Crippen molar-refractivity contribution in [3.63, 3.8) is 0 Å². The summed E-state index contributed by atoms with van der Waals surface area (Å²) in [5.74, 6) is 0.126. The molecule has 2 heterocycles. The molecule has 1 fully saturated rings. The number of carbonyl (C=O) groups is 1. The van der Waals surface area contributed by atoms with E-state index in [4.69, 9.17) is 5.73 Å². The normalized spacial score (nSPS) is 14.9. The van der Waals surface area contributed by atoms with Gasteiger partial charge in [0.1, 0.15) is 6.54 Å². The Hall–Kier alpha value is -1.43. The lowest BCUT2D eigenvalue weighted by molar-refractivity contribution is -0.135. The summed E-state index contributed by atoms with van der Waals surface area (Å²) in [6.07, 6.45) is 4.67. The van der Waals surface area contributed by atoms with Crippen LogP contribution >= 0.6 is 0 Å². The van der Waals surface area contributed by atoms with Crippen LogP contribution in [0.5, 0.6) is 0 Å². The van der Waals surface area contributed by atoms with E-state index in [0.717, 1.165) is 38.0 Å². The molecule has 1 saturated heterocycles. The summed E-state index contributed by atoms with van der Waals surface area (Å²) in [6, 6.07) is 0. The lowest BCUT2D eigenvalue weighted by Gasteiger charge is -2.30. The highest BCUT2D eigenvalue weighted by Crippen LogP contribution is 2.07. The van der Waals surface area contributed by atoms with Crippen molar-refractivity contribution in [2.45, 2.75) is 25.8 Å². The predicted molar refractivity (Wildman–Crippen MR) is 58.6 cm³/mol. The molecule has 2 rings (SSSR count). The van der Waals surface area contributed by atoms with Crippen LogP contribution < -0.4 is 5.73 Å². The third-order valence-corrected chi connectivity index (χ3v) is 2.73. The van der Waals surface area contributed by atoms with E-state index >= 15 is 0 Å². The Morgan fingerprint density at radius 3 is 2.94 bits per heavy atom. The second-order valence-corrected chi connectivity index (χ2v) is 4.03. The molecule has 0 radical (unpaired) electrons. The zero-order valence-corrected chi connectivity index (χ0v) is 9.30. The number of hydrogen-bond donors (Lipinski definition) is 1. The van der Waals surface area contributed by atoms with Gasteiger partial charge in [-0.05, 0) is 25.8 Å². The maximum atomic E-state index is 11.6. The Morgan fingerprint density at radius 1 is 1.50 bits per heavy atom. The average molecular weight is 223 g/mol. The van der Waals surface area contributed by atoms with Gasteiger partial charge in [-0.3, -0.25) is 4.79 Å². The molecule has 0 spiro atoms. The molecular weight excluding hydrogens is 206 g/mol. The Bertz CT molecular complexity index is 358. The Balaban J connectivity index is 1.84. The highest BCUT2D eigenvalue weighted by molar-refractivity contribution is 5.76. The largest absolute Gasteiger partial charge is 0.341 e. The van der Waals surface area contributed by atoms with Crippen LogP contribution in [-0.2, 0) is 17.8 Å². The SMILES string of the molecule is NCCCc1cn(CC(=O)N2CCC2)nn1. The summed E-state index contributed by atoms with van der Waals surface area (Å²) < 4.78 is 1.60. The number of nitrogens with two attached hydrogens (primary N) is 1. The number of aryl methyl sites for hydroxylation is 1. The van der Waals surface area contributed by atoms with Crippen molar-refractivity contribution in [3.05, 3.63) is 11.9 Å². The number of carbonyl (C=O) groups excluding carboxylic acids is 1. The van der Waals surface area contributed by atoms with Gasteiger partial charge in [-0.1, -0.05) is 5.21 Å². The number of rotatable bonds is 5. The van der Waals surface area contributed by atoms with Gasteiger partial charge < -0.3 is 10.6 Å². The molecule has 0 bridgehead atoms. The molecule has 1 aromatic heterocycles. The maximum absolute atomic E-state index is 11.6. The van der Waals surface area contributed by atoms with E-state index in [0.29, 0.717) is 13.1 Å². The fourth-order valence-electron chi connectivity index (χ4n) is 1.62. The fraction of sp³-hybridized carbons (Fsp3) is 0.700. The lowest BCUT2D eigenvalue weighted by atomic mass is 10.2. The van der Waals surface area contributed by atoms with E-state index < -0.39 is 0 Å². The van der Waals surface area contributed by atoms with Crippen molar-refractivity contribution in [2.75, 3.05) is 19.6 Å². The standard InChI is InChI=1S/C10H17N5O/c11-4-1-3-9-7-15(13-12-9)8-10(16)14-5-2-6-14/h7H,1-6,8,11H2. The molecule has 6 nitrogen and oxygen atoms in total. The minimum absolute atomic E-state index is 0.126. The van der Waals surface area contributed by atoms with Crippen molar-refractivity contribution < 1.29 is 4.79 Å². The number of hydrogen-bond acceptors (Lipinski definition) is 4. The smallest absolute Gasteiger partial charge is 0.244 e. The van der Waals surface area contributed by atoms with E-state index in [1.54, 1.807) is 4.68 Å². The molecule has 0 unspecified atom stereocenters. The summed E-state index contributed by atoms with van der Waals surface area (Å²) in [7, 11) is 0. The van der Waals surface area contributed by atoms with Gasteiger partial charge in [-0.25, -0.2) is 4.68 Å². The lowest BCUT2D eigenvalue weighted by Crippen LogP contribution is -2.43. The minimum Gasteiger partial charge on any atom is -0.341 e. The molecule has 1 aromatic rings. The van der Waals surface area contributed by atoms with Gasteiger partial charge in [0.05, 0.1) is 5.69 Å². The molecular formula is C10H17N5O. The molecule has 0 aromatic carbocycles. The van der Waals surface area contributed by atoms with Crippen molar-refractivity contribution >= 4 is 5.91 Å². The van der Waals surface area contributed by atoms with Crippen molar-refractivity contribution in [1.29, 1.82) is 0 Å². The Labute approximate surface area is 94.4 Å². The van der Waals surface area contributed by atoms with Crippen LogP contribution in [0.25, 0.3) is 0 Å². The topological polar surface area (TPSA) is 77.0 Å². The highest BCUT2D eigenvalue weighted by atomic mass is 16.2. The third-order valence-electron chi connectivity index (χ3n) is 2.73. The summed E-state index contributed by atoms with van der Waals surface area (Å²) in [6.45, 7) is 2.72. The van der Waals surface area contributed by atoms with E-state index in [1.165, 1.54) is 0 Å². The summed E-state index contributed by atoms with van der Waals surface area (Å²) in [5.41, 5.74) is 6.32. The first-order chi connectivity index (χ1) is 7.79. The van der Waals surface area contributed by atoms with Crippen molar-refractivity contribution in [1.82, 2.24) is 19.9 Å². The van der Waals surface area contributed by atoms with E-state index in [9.17, 15) is 4.79 Å². The molecule has 0 atom stereocenters. The van der Waals surface area contributed by atoms with Gasteiger partial charge >= 0.3 is 0 Å². The molecule has 88 valence electrons. The molecule has 6 heteroatoms. The van der Waals surface area contributed by atoms with E-state index in [2.05, 4.69) is 10.3 Å². The second kappa shape index (κ2) is 5.07. The van der Waals surface area contributed by atoms with Crippen LogP contribution in [0.1, 0.15) is 18.5 Å². The van der Waals surface area contributed by atoms with Crippen molar-refractivity contribution in [3.8, 4) is 0 Å². The zero-order chi connectivity index (χ0) is 11.4. The van der Waals surface area contributed by atoms with Crippen LogP contribution in [0.15, 0.2) is 6.20 Å². The average Bonchev–Trinajstić information content (AvgIpc) is 2.59. The van der Waals surface area contributed by atoms with Crippen LogP contribution in [0.3, 0.4) is 0 Å². The first-order valence-corrected chi connectivity index (χ1v) is 5.66. The van der Waals surface area contributed by atoms with E-state index in [-0.39, 0.29) is 5.91 Å². The van der Waals surface area contributed by atoms with Crippen LogP contribution in [-0.4, -0.2) is 45.4 Å². The highest BCUT2D eigenvalue weighted by Gasteiger charge is 2.20. The number of aromatic nitrogens is 3. The molecule has 0 saturated carbocycles. The molecule has 0 aliphatic carbocycles. The van der Waals surface area contributed by atoms with E-state index in [1.807, 2.05) is 11.1 Å². The van der Waals surface area contributed by atoms with Gasteiger partial charge in [-0.2, -0.15) is 0 Å². The first kappa shape index (κ1) is 11.1. The van der Waals surface area contributed by atoms with Gasteiger partial charge in [0.25, 0.3) is 0 Å². The predicted octanol–water partition coefficient (Wildman–Crippen LogP) is -0.598. The Morgan fingerprint density at radius 2 is 2.31 bits per heavy atom.